The van der Waals surface area contributed by atoms with E-state index in [9.17, 15) is 4.79 Å². The number of carbonyl (C=O) groups excluding carboxylic acids is 1. The third-order valence-corrected chi connectivity index (χ3v) is 4.06. The molecule has 1 rings (SSSR count). The van der Waals surface area contributed by atoms with Crippen molar-refractivity contribution in [3.8, 4) is 0 Å². The van der Waals surface area contributed by atoms with E-state index in [1.54, 1.807) is 0 Å². The van der Waals surface area contributed by atoms with E-state index in [0.29, 0.717) is 12.5 Å². The lowest BCUT2D eigenvalue weighted by Gasteiger charge is -2.13. The van der Waals surface area contributed by atoms with Crippen LogP contribution in [0.1, 0.15) is 66.8 Å². The van der Waals surface area contributed by atoms with Crippen LogP contribution in [0.5, 0.6) is 0 Å². The number of hydrogen-bond donors (Lipinski definition) is 0. The highest BCUT2D eigenvalue weighted by Crippen LogP contribution is 2.32. The van der Waals surface area contributed by atoms with Gasteiger partial charge in [-0.15, -0.1) is 11.3 Å². The fourth-order valence-corrected chi connectivity index (χ4v) is 3.14. The van der Waals surface area contributed by atoms with Gasteiger partial charge < -0.3 is 4.74 Å². The minimum atomic E-state index is -0.163. The third-order valence-electron chi connectivity index (χ3n) is 2.97. The predicted octanol–water partition coefficient (Wildman–Crippen LogP) is 4.53. The van der Waals surface area contributed by atoms with Gasteiger partial charge in [0.2, 0.25) is 0 Å². The summed E-state index contributed by atoms with van der Waals surface area (Å²) in [6, 6.07) is 0. The fourth-order valence-electron chi connectivity index (χ4n) is 2.08. The Balaban J connectivity index is 2.89. The van der Waals surface area contributed by atoms with Crippen LogP contribution < -0.4 is 0 Å². The maximum Gasteiger partial charge on any atom is 0.348 e. The van der Waals surface area contributed by atoms with Crippen LogP contribution in [0, 0.1) is 6.92 Å². The van der Waals surface area contributed by atoms with Crippen LogP contribution in [0.2, 0.25) is 0 Å². The molecule has 2 nitrogen and oxygen atoms in total. The van der Waals surface area contributed by atoms with Crippen LogP contribution in [0.25, 0.3) is 0 Å². The highest BCUT2D eigenvalue weighted by atomic mass is 32.1. The molecule has 0 aliphatic heterocycles. The number of carbonyl (C=O) groups is 1. The van der Waals surface area contributed by atoms with Crippen LogP contribution in [-0.2, 0) is 4.74 Å². The first-order chi connectivity index (χ1) is 8.11. The van der Waals surface area contributed by atoms with E-state index in [4.69, 9.17) is 4.74 Å². The van der Waals surface area contributed by atoms with Gasteiger partial charge in [-0.25, -0.2) is 4.79 Å². The zero-order chi connectivity index (χ0) is 12.8. The van der Waals surface area contributed by atoms with Gasteiger partial charge in [0.1, 0.15) is 4.88 Å². The van der Waals surface area contributed by atoms with Gasteiger partial charge in [-0.2, -0.15) is 0 Å². The Morgan fingerprint density at radius 1 is 1.47 bits per heavy atom. The minimum Gasteiger partial charge on any atom is -0.462 e. The lowest BCUT2D eigenvalue weighted by Crippen LogP contribution is -2.07. The van der Waals surface area contributed by atoms with Crippen molar-refractivity contribution in [3.05, 3.63) is 21.4 Å². The quantitative estimate of drug-likeness (QED) is 0.697. The zero-order valence-corrected chi connectivity index (χ0v) is 12.0. The van der Waals surface area contributed by atoms with E-state index in [1.165, 1.54) is 35.3 Å². The number of hydrogen-bond acceptors (Lipinski definition) is 3. The average molecular weight is 254 g/mol. The van der Waals surface area contributed by atoms with E-state index in [2.05, 4.69) is 26.2 Å². The Labute approximate surface area is 108 Å². The lowest BCUT2D eigenvalue weighted by molar-refractivity contribution is 0.0530. The van der Waals surface area contributed by atoms with Crippen LogP contribution in [0.3, 0.4) is 0 Å². The molecule has 0 bridgehead atoms. The molecule has 1 heterocycles. The largest absolute Gasteiger partial charge is 0.462 e. The van der Waals surface area contributed by atoms with Crippen LogP contribution in [-0.4, -0.2) is 12.6 Å². The van der Waals surface area contributed by atoms with Crippen molar-refractivity contribution >= 4 is 17.3 Å². The number of thiophene rings is 1. The van der Waals surface area contributed by atoms with Crippen molar-refractivity contribution in [1.29, 1.82) is 0 Å². The normalized spacial score (nSPS) is 12.5. The van der Waals surface area contributed by atoms with Gasteiger partial charge in [-0.05, 0) is 42.7 Å². The second kappa shape index (κ2) is 6.80. The van der Waals surface area contributed by atoms with Crippen molar-refractivity contribution in [3.63, 3.8) is 0 Å². The lowest BCUT2D eigenvalue weighted by atomic mass is 9.93. The second-order valence-electron chi connectivity index (χ2n) is 4.43. The molecule has 96 valence electrons. The van der Waals surface area contributed by atoms with Gasteiger partial charge >= 0.3 is 5.97 Å². The highest BCUT2D eigenvalue weighted by molar-refractivity contribution is 7.12. The first kappa shape index (κ1) is 14.2. The predicted molar refractivity (Wildman–Crippen MR) is 73.0 cm³/mol. The average Bonchev–Trinajstić information content (AvgIpc) is 2.68. The van der Waals surface area contributed by atoms with Gasteiger partial charge in [0.05, 0.1) is 6.61 Å². The molecule has 0 spiro atoms. The molecule has 0 fully saturated rings. The molecule has 0 saturated heterocycles. The summed E-state index contributed by atoms with van der Waals surface area (Å²) in [7, 11) is 0. The Morgan fingerprint density at radius 3 is 2.76 bits per heavy atom. The van der Waals surface area contributed by atoms with Crippen molar-refractivity contribution in [2.45, 2.75) is 52.9 Å². The minimum absolute atomic E-state index is 0.163. The fraction of sp³-hybridized carbons (Fsp3) is 0.643. The smallest absolute Gasteiger partial charge is 0.348 e. The van der Waals surface area contributed by atoms with Gasteiger partial charge in [0.25, 0.3) is 0 Å². The first-order valence-electron chi connectivity index (χ1n) is 6.36. The molecule has 1 aromatic heterocycles. The molecule has 0 aliphatic carbocycles. The van der Waals surface area contributed by atoms with E-state index < -0.39 is 0 Å². The number of ether oxygens (including phenoxy) is 1. The van der Waals surface area contributed by atoms with Crippen LogP contribution in [0.15, 0.2) is 5.38 Å². The molecule has 0 N–H and O–H groups in total. The van der Waals surface area contributed by atoms with E-state index >= 15 is 0 Å². The highest BCUT2D eigenvalue weighted by Gasteiger charge is 2.21. The van der Waals surface area contributed by atoms with E-state index in [-0.39, 0.29) is 5.97 Å². The SMILES string of the molecule is CCCCC(C)c1c(C)csc1C(=O)OCC. The zero-order valence-electron chi connectivity index (χ0n) is 11.2. The summed E-state index contributed by atoms with van der Waals surface area (Å²) in [5.74, 6) is 0.282. The molecular weight excluding hydrogens is 232 g/mol. The molecule has 0 saturated carbocycles. The van der Waals surface area contributed by atoms with Crippen molar-refractivity contribution in [2.75, 3.05) is 6.61 Å². The summed E-state index contributed by atoms with van der Waals surface area (Å²) in [5.41, 5.74) is 2.42. The van der Waals surface area contributed by atoms with Crippen molar-refractivity contribution < 1.29 is 9.53 Å². The number of aryl methyl sites for hydroxylation is 1. The standard InChI is InChI=1S/C14H22O2S/c1-5-7-8-10(3)12-11(4)9-17-13(12)14(15)16-6-2/h9-10H,5-8H2,1-4H3. The van der Waals surface area contributed by atoms with Crippen LogP contribution in [0.4, 0.5) is 0 Å². The van der Waals surface area contributed by atoms with E-state index in [0.717, 1.165) is 11.3 Å². The number of esters is 1. The summed E-state index contributed by atoms with van der Waals surface area (Å²) in [6.07, 6.45) is 3.54. The number of rotatable bonds is 6. The van der Waals surface area contributed by atoms with Gasteiger partial charge in [0, 0.05) is 0 Å². The van der Waals surface area contributed by atoms with Crippen molar-refractivity contribution in [1.82, 2.24) is 0 Å². The summed E-state index contributed by atoms with van der Waals surface area (Å²) >= 11 is 1.51. The van der Waals surface area contributed by atoms with Gasteiger partial charge in [-0.1, -0.05) is 26.7 Å². The van der Waals surface area contributed by atoms with Crippen molar-refractivity contribution in [2.24, 2.45) is 0 Å². The monoisotopic (exact) mass is 254 g/mol. The Bertz CT molecular complexity index is 368. The molecule has 0 amide bonds. The van der Waals surface area contributed by atoms with Gasteiger partial charge in [0.15, 0.2) is 0 Å². The summed E-state index contributed by atoms with van der Waals surface area (Å²) in [5, 5.41) is 2.06. The summed E-state index contributed by atoms with van der Waals surface area (Å²) in [6.45, 7) is 8.76. The second-order valence-corrected chi connectivity index (χ2v) is 5.30. The Kier molecular flexibility index (Phi) is 5.69. The first-order valence-corrected chi connectivity index (χ1v) is 7.24. The van der Waals surface area contributed by atoms with Crippen LogP contribution >= 0.6 is 11.3 Å². The topological polar surface area (TPSA) is 26.3 Å². The molecule has 0 aliphatic rings. The number of unbranched alkanes of at least 4 members (excludes halogenated alkanes) is 1. The summed E-state index contributed by atoms with van der Waals surface area (Å²) in [4.78, 5) is 12.6. The third kappa shape index (κ3) is 3.56. The van der Waals surface area contributed by atoms with E-state index in [1.807, 2.05) is 6.92 Å². The molecule has 1 unspecified atom stereocenters. The Morgan fingerprint density at radius 2 is 2.18 bits per heavy atom. The molecule has 17 heavy (non-hydrogen) atoms. The maximum atomic E-state index is 11.8. The molecule has 0 radical (unpaired) electrons. The maximum absolute atomic E-state index is 11.8. The molecule has 3 heteroatoms. The molecule has 1 aromatic rings. The Hall–Kier alpha value is -0.830. The molecular formula is C14H22O2S. The molecule has 0 aromatic carbocycles. The van der Waals surface area contributed by atoms with Gasteiger partial charge in [-0.3, -0.25) is 0 Å². The summed E-state index contributed by atoms with van der Waals surface area (Å²) < 4.78 is 5.11. The molecule has 1 atom stereocenters.